The van der Waals surface area contributed by atoms with E-state index in [4.69, 9.17) is 112 Å². The number of aliphatic hydroxyl groups excluding tert-OH is 5. The average Bonchev–Trinajstić information content (AvgIpc) is 3.39. The standard InChI is InChI=1S/C4H7O2.C3H6O2.C3H8O.C3H8S.3C2H4Br2.2C2H2Cl2O.C2H4ClNO.3C2H5.2CHO2.2CH3O.CH3.BHNS.2Cl2OS.H2N.2H2O.H2S.17W/c1-2-3-6-4-5;1-2-3(4)5;2*1-2-3-4;3*3-1-2-4;3*3-1-2(4)5;3*1-2;2*2-1-3;2*1-2;;1-2-3;2*1-4(2)3;;;;;;;;;;;;;;;;;;;;;/h2-3H2,1H3;2H2,1H3,(H,4,5);2*4H,2-3H2,1H3;3*1-2H2;2*1H2;1H2,(H2,4,5);3*1H2,2H3;2*(H,2,3);2*2H,1H2;1H3;3H;;;4*1H2;;;;;;;;;;;;;;;;;/q-1;;;;;;;;;;8*-1;;;;-1;;;;;;;;;;;;;;;;;;;;/p-3. The van der Waals surface area contributed by atoms with Crippen molar-refractivity contribution in [3.05, 3.63) is 54.3 Å². The van der Waals surface area contributed by atoms with Crippen LogP contribution < -0.4 is 0 Å². The van der Waals surface area contributed by atoms with Gasteiger partial charge in [0.05, 0.1) is 23.5 Å². The molecule has 95 heavy (non-hydrogen) atoms. The zero-order valence-corrected chi connectivity index (χ0v) is 121. The molecule has 0 aliphatic carbocycles. The Bertz CT molecular complexity index is 860. The van der Waals surface area contributed by atoms with Crippen molar-refractivity contribution in [3.8, 4) is 0 Å². The fraction of sp³-hybridized carbons (Fsp3) is 0.639. The zero-order valence-electron chi connectivity index (χ0n) is 50.9. The maximum Gasteiger partial charge on any atom is 0.0638 e. The topological polar surface area (TPSA) is 417 Å². The molecule has 0 spiro atoms. The van der Waals surface area contributed by atoms with E-state index in [2.05, 4.69) is 222 Å². The van der Waals surface area contributed by atoms with Gasteiger partial charge in [0.1, 0.15) is 0 Å². The number of carboxylic acid groups (broad SMARTS) is 1. The molecule has 0 aromatic heterocycles. The van der Waals surface area contributed by atoms with Crippen LogP contribution >= 0.6 is 209 Å². The van der Waals surface area contributed by atoms with Crippen LogP contribution in [0.15, 0.2) is 4.30 Å². The number of nitrogens with zero attached hydrogens (tertiary/aromatic N) is 1. The van der Waals surface area contributed by atoms with Crippen LogP contribution in [0.2, 0.25) is 0 Å². The molecule has 0 saturated carbocycles. The molecular weight excluding hydrogens is 4860 g/mol. The number of carboxylic acids is 1. The minimum absolute atomic E-state index is 0. The molecule has 13 N–H and O–H groups in total. The molecule has 0 rings (SSSR count). The van der Waals surface area contributed by atoms with Crippen LogP contribution in [-0.4, -0.2) is 168 Å². The molecule has 1 radical (unpaired) electrons. The monoisotopic (exact) mass is 4930 g/mol. The summed E-state index contributed by atoms with van der Waals surface area (Å²) in [7, 11) is 23.6. The fourth-order valence-electron chi connectivity index (χ4n) is 0.144. The molecule has 21 nitrogen and oxygen atoms in total. The van der Waals surface area contributed by atoms with Gasteiger partial charge < -0.3 is 132 Å². The SMILES string of the molecule is BrCCBr.BrCCBr.BrCCBr.CCC(=O)O.CCCO.CCCO[C-]=O.CCC[S-].O.O.O=C(Cl)CCl.O=C(Cl)CCl.O=S(Cl)Cl.O=S(Cl)Cl.O=[C-]O.O=[C-]O.[B]=NS.[CH2-]C.[CH2-]C.[CH2-]C.[CH2-]O.[CH2-]O.[CH3-].[NH-]C(=O)CCl.[NH2-].[SH-].[W].[W].[W].[W].[W].[W].[W].[W].[W].[W].[W].[W].[W].[W].[W].[W].[W]. The maximum atomic E-state index is 9.45. The molecule has 0 fully saturated rings. The molecule has 59 heteroatoms. The third-order valence-electron chi connectivity index (χ3n) is 1.64. The van der Waals surface area contributed by atoms with E-state index >= 15 is 0 Å². The van der Waals surface area contributed by atoms with Crippen molar-refractivity contribution in [1.29, 1.82) is 0 Å². The molecule has 0 aliphatic heterocycles. The third-order valence-corrected chi connectivity index (χ3v) is 8.89. The van der Waals surface area contributed by atoms with Gasteiger partial charge in [-0.05, 0) is 36.0 Å². The third kappa shape index (κ3) is 1310. The number of amides is 1. The molecule has 0 aliphatic rings. The summed E-state index contributed by atoms with van der Waals surface area (Å²) in [5, 5.41) is 47.9. The van der Waals surface area contributed by atoms with E-state index < -0.39 is 40.8 Å². The average molecular weight is 4940 g/mol. The van der Waals surface area contributed by atoms with E-state index in [1.54, 1.807) is 27.7 Å². The van der Waals surface area contributed by atoms with E-state index in [9.17, 15) is 24.0 Å². The predicted octanol–water partition coefficient (Wildman–Crippen LogP) is 13.9. The van der Waals surface area contributed by atoms with Crippen molar-refractivity contribution >= 4 is 303 Å². The molecule has 1 amide bonds. The number of halogens is 15. The zero-order chi connectivity index (χ0) is 64.3. The number of nitrogens with one attached hydrogen (secondary N) is 1. The number of carbonyl (C=O) groups is 4. The van der Waals surface area contributed by atoms with Crippen LogP contribution in [0, 0.1) is 42.4 Å². The molecule has 0 aromatic rings. The van der Waals surface area contributed by atoms with E-state index in [1.165, 1.54) is 6.47 Å². The van der Waals surface area contributed by atoms with Gasteiger partial charge in [-0.25, -0.2) is 22.6 Å². The normalized spacial score (nSPS) is 5.06. The largest absolute Gasteiger partial charge is 0.813 e. The summed E-state index contributed by atoms with van der Waals surface area (Å²) in [6.07, 6.45) is 3.10. The van der Waals surface area contributed by atoms with Crippen LogP contribution in [0.3, 0.4) is 0 Å². The molecule has 0 atom stereocenters. The Balaban J connectivity index is -0.00000000773. The molecule has 0 bridgehead atoms. The number of carbonyl (C=O) groups excluding carboxylic acids is 4. The Morgan fingerprint density at radius 1 is 0.558 bits per heavy atom. The Morgan fingerprint density at radius 3 is 0.674 bits per heavy atom. The van der Waals surface area contributed by atoms with Crippen molar-refractivity contribution in [1.82, 2.24) is 0 Å². The summed E-state index contributed by atoms with van der Waals surface area (Å²) < 4.78 is 25.0. The van der Waals surface area contributed by atoms with Gasteiger partial charge in [0, 0.05) is 452 Å². The van der Waals surface area contributed by atoms with Gasteiger partial charge >= 0.3 is 30.7 Å². The minimum atomic E-state index is -1.67. The number of alkyl halides is 9. The van der Waals surface area contributed by atoms with Gasteiger partial charge in [0.2, 0.25) is 28.9 Å². The smallest absolute Gasteiger partial charge is 0.0638 e. The van der Waals surface area contributed by atoms with Gasteiger partial charge in [0.25, 0.3) is 0 Å². The first-order valence-corrected chi connectivity index (χ1v) is 33.3. The van der Waals surface area contributed by atoms with Crippen molar-refractivity contribution in [3.63, 3.8) is 0 Å². The van der Waals surface area contributed by atoms with Crippen LogP contribution in [0.25, 0.3) is 11.9 Å². The number of thiol groups is 2. The minimum Gasteiger partial charge on any atom is -0.813 e. The number of aliphatic carboxylic acids is 1. The van der Waals surface area contributed by atoms with Crippen molar-refractivity contribution in [2.75, 3.05) is 68.6 Å². The first-order valence-electron chi connectivity index (χ1n) is 17.6. The summed E-state index contributed by atoms with van der Waals surface area (Å²) in [5.41, 5.74) is 6.06. The predicted molar refractivity (Wildman–Crippen MR) is 375 cm³/mol. The number of hydrogen-bond donors (Lipinski definition) is 7. The fourth-order valence-corrected chi connectivity index (χ4v) is 0.144. The van der Waals surface area contributed by atoms with Crippen molar-refractivity contribution in [2.24, 2.45) is 4.30 Å². The van der Waals surface area contributed by atoms with Gasteiger partial charge in [-0.1, -0.05) is 149 Å². The Morgan fingerprint density at radius 2 is 0.663 bits per heavy atom. The van der Waals surface area contributed by atoms with E-state index in [1.807, 2.05) is 13.8 Å². The number of nitrogens with two attached hydrogens (primary N) is 1. The maximum absolute atomic E-state index is 9.45. The van der Waals surface area contributed by atoms with Crippen molar-refractivity contribution in [2.45, 2.75) is 74.1 Å². The second-order valence-corrected chi connectivity index (χ2v) is 18.5. The first kappa shape index (κ1) is 283. The Hall–Kier alpha value is 14.9. The van der Waals surface area contributed by atoms with E-state index in [0.717, 1.165) is 57.0 Å². The Labute approximate surface area is 932 Å². The van der Waals surface area contributed by atoms with E-state index in [-0.39, 0.29) is 420 Å². The number of hydrogen-bond acceptors (Lipinski definition) is 17. The molecule has 0 saturated heterocycles. The second-order valence-electron chi connectivity index (χ2n) is 6.44. The summed E-state index contributed by atoms with van der Waals surface area (Å²) in [4.78, 5) is 63.3. The molecule has 0 aromatic carbocycles. The van der Waals surface area contributed by atoms with Crippen molar-refractivity contribution < 1.29 is 446 Å². The quantitative estimate of drug-likeness (QED) is 0.0181. The van der Waals surface area contributed by atoms with Crippen LogP contribution in [-0.2, 0) is 441 Å². The molecular formula is C36H81BBr6Cl9N3O18S5W17-13. The second kappa shape index (κ2) is 437. The van der Waals surface area contributed by atoms with Gasteiger partial charge in [-0.15, -0.1) is 34.8 Å². The Kier molecular flexibility index (Phi) is 1300. The van der Waals surface area contributed by atoms with Gasteiger partial charge in [-0.3, -0.25) is 14.4 Å². The van der Waals surface area contributed by atoms with Crippen LogP contribution in [0.1, 0.15) is 74.1 Å². The number of aliphatic hydroxyl groups is 3. The number of ether oxygens (including phenoxy) is 1. The van der Waals surface area contributed by atoms with Gasteiger partial charge in [0.15, 0.2) is 0 Å². The summed E-state index contributed by atoms with van der Waals surface area (Å²) in [6.45, 7) is 25.7. The number of rotatable bonds is 12. The summed E-state index contributed by atoms with van der Waals surface area (Å²) in [5.74, 6) is -0.958. The summed E-state index contributed by atoms with van der Waals surface area (Å²) in [6, 6.07) is 0. The summed E-state index contributed by atoms with van der Waals surface area (Å²) >= 11 is 50.8. The molecule has 0 unspecified atom stereocenters. The first-order chi connectivity index (χ1) is 34.3. The van der Waals surface area contributed by atoms with Gasteiger partial charge in [-0.2, -0.15) is 26.5 Å². The van der Waals surface area contributed by atoms with Crippen LogP contribution in [0.5, 0.6) is 0 Å². The van der Waals surface area contributed by atoms with E-state index in [0.29, 0.717) is 26.2 Å². The van der Waals surface area contributed by atoms with Crippen LogP contribution in [0.4, 0.5) is 0 Å². The molecule has 601 valence electrons. The molecule has 0 heterocycles.